The smallest absolute Gasteiger partial charge is 0.00102 e. The maximum Gasteiger partial charge on any atom is -0.00102 e. The van der Waals surface area contributed by atoms with Crippen molar-refractivity contribution < 1.29 is 0 Å². The third-order valence-corrected chi connectivity index (χ3v) is 3.90. The van der Waals surface area contributed by atoms with Crippen molar-refractivity contribution in [3.63, 3.8) is 0 Å². The molecule has 0 saturated carbocycles. The first-order valence-corrected chi connectivity index (χ1v) is 5.44. The second-order valence-corrected chi connectivity index (χ2v) is 4.65. The minimum atomic E-state index is 0.580. The summed E-state index contributed by atoms with van der Waals surface area (Å²) in [6, 6.07) is 0. The predicted molar refractivity (Wildman–Crippen MR) is 55.4 cm³/mol. The Morgan fingerprint density at radius 1 is 1.15 bits per heavy atom. The summed E-state index contributed by atoms with van der Waals surface area (Å²) in [5.74, 6) is 0. The van der Waals surface area contributed by atoms with E-state index in [2.05, 4.69) is 24.3 Å². The van der Waals surface area contributed by atoms with E-state index >= 15 is 0 Å². The molecule has 3 aliphatic rings. The summed E-state index contributed by atoms with van der Waals surface area (Å²) in [4.78, 5) is 0. The molecule has 0 aromatic heterocycles. The molecular formula is C13H16. The van der Waals surface area contributed by atoms with Gasteiger partial charge in [-0.25, -0.2) is 0 Å². The summed E-state index contributed by atoms with van der Waals surface area (Å²) in [7, 11) is 0. The fraction of sp³-hybridized carbons (Fsp3) is 0.538. The van der Waals surface area contributed by atoms with E-state index in [1.807, 2.05) is 0 Å². The standard InChI is InChI=1S/C13H16/c1-2-8-13(12-5-3-6-12)9-7-11(4-1)10-13/h1,4-5,7H,2-3,6,8-10H2/t13-/m0/s1. The Balaban J connectivity index is 1.94. The van der Waals surface area contributed by atoms with E-state index in [9.17, 15) is 0 Å². The molecule has 0 aliphatic heterocycles. The largest absolute Gasteiger partial charge is 0.0844 e. The molecule has 68 valence electrons. The molecule has 0 amide bonds. The quantitative estimate of drug-likeness (QED) is 0.528. The molecule has 0 radical (unpaired) electrons. The van der Waals surface area contributed by atoms with Crippen LogP contribution in [-0.2, 0) is 0 Å². The molecular weight excluding hydrogens is 156 g/mol. The van der Waals surface area contributed by atoms with Gasteiger partial charge in [0.25, 0.3) is 0 Å². The monoisotopic (exact) mass is 172 g/mol. The van der Waals surface area contributed by atoms with Crippen molar-refractivity contribution in [1.82, 2.24) is 0 Å². The topological polar surface area (TPSA) is 0 Å². The van der Waals surface area contributed by atoms with Crippen LogP contribution in [0.4, 0.5) is 0 Å². The molecule has 3 rings (SSSR count). The van der Waals surface area contributed by atoms with Gasteiger partial charge in [-0.15, -0.1) is 0 Å². The van der Waals surface area contributed by atoms with Crippen LogP contribution in [0.25, 0.3) is 0 Å². The normalized spacial score (nSPS) is 36.3. The lowest BCUT2D eigenvalue weighted by molar-refractivity contribution is 0.331. The summed E-state index contributed by atoms with van der Waals surface area (Å²) in [6.45, 7) is 0. The van der Waals surface area contributed by atoms with Crippen molar-refractivity contribution in [3.05, 3.63) is 35.5 Å². The summed E-state index contributed by atoms with van der Waals surface area (Å²) in [6.07, 6.45) is 17.6. The lowest BCUT2D eigenvalue weighted by atomic mass is 9.69. The minimum absolute atomic E-state index is 0.580. The van der Waals surface area contributed by atoms with Crippen molar-refractivity contribution in [2.45, 2.75) is 38.5 Å². The minimum Gasteiger partial charge on any atom is -0.0844 e. The van der Waals surface area contributed by atoms with Gasteiger partial charge in [-0.3, -0.25) is 0 Å². The Hall–Kier alpha value is -0.780. The summed E-state index contributed by atoms with van der Waals surface area (Å²) < 4.78 is 0. The van der Waals surface area contributed by atoms with Gasteiger partial charge in [0, 0.05) is 0 Å². The van der Waals surface area contributed by atoms with Gasteiger partial charge in [-0.05, 0) is 43.9 Å². The number of fused-ring (bicyclic) bond motifs is 2. The summed E-state index contributed by atoms with van der Waals surface area (Å²) in [5.41, 5.74) is 3.93. The molecule has 0 aromatic rings. The zero-order valence-electron chi connectivity index (χ0n) is 8.05. The SMILES string of the molecule is C1=CC2=CC[C@@](C3=CCC3)(CC1)C2. The van der Waals surface area contributed by atoms with Crippen molar-refractivity contribution in [1.29, 1.82) is 0 Å². The van der Waals surface area contributed by atoms with E-state index in [-0.39, 0.29) is 0 Å². The summed E-state index contributed by atoms with van der Waals surface area (Å²) >= 11 is 0. The lowest BCUT2D eigenvalue weighted by Gasteiger charge is -2.35. The van der Waals surface area contributed by atoms with Crippen LogP contribution in [0, 0.1) is 5.41 Å². The van der Waals surface area contributed by atoms with E-state index in [0.29, 0.717) is 5.41 Å². The second kappa shape index (κ2) is 2.60. The van der Waals surface area contributed by atoms with Crippen LogP contribution >= 0.6 is 0 Å². The predicted octanol–water partition coefficient (Wildman–Crippen LogP) is 3.76. The highest BCUT2D eigenvalue weighted by Crippen LogP contribution is 2.52. The maximum atomic E-state index is 2.47. The lowest BCUT2D eigenvalue weighted by Crippen LogP contribution is -2.23. The zero-order valence-corrected chi connectivity index (χ0v) is 8.05. The van der Waals surface area contributed by atoms with Gasteiger partial charge in [0.15, 0.2) is 0 Å². The molecule has 0 heteroatoms. The second-order valence-electron chi connectivity index (χ2n) is 4.65. The number of rotatable bonds is 1. The van der Waals surface area contributed by atoms with Crippen LogP contribution in [0.3, 0.4) is 0 Å². The highest BCUT2D eigenvalue weighted by Gasteiger charge is 2.38. The van der Waals surface area contributed by atoms with Gasteiger partial charge >= 0.3 is 0 Å². The van der Waals surface area contributed by atoms with Gasteiger partial charge < -0.3 is 0 Å². The molecule has 0 aromatic carbocycles. The first-order chi connectivity index (χ1) is 6.39. The van der Waals surface area contributed by atoms with Gasteiger partial charge in [0.1, 0.15) is 0 Å². The van der Waals surface area contributed by atoms with Crippen LogP contribution in [-0.4, -0.2) is 0 Å². The Bertz CT molecular complexity index is 317. The molecule has 0 nitrogen and oxygen atoms in total. The Kier molecular flexibility index (Phi) is 1.52. The van der Waals surface area contributed by atoms with Crippen molar-refractivity contribution >= 4 is 0 Å². The number of hydrogen-bond donors (Lipinski definition) is 0. The number of allylic oxidation sites excluding steroid dienone is 6. The third kappa shape index (κ3) is 1.04. The van der Waals surface area contributed by atoms with Crippen LogP contribution < -0.4 is 0 Å². The van der Waals surface area contributed by atoms with Crippen LogP contribution in [0.1, 0.15) is 38.5 Å². The Morgan fingerprint density at radius 3 is 2.85 bits per heavy atom. The molecule has 0 heterocycles. The Labute approximate surface area is 80.0 Å². The van der Waals surface area contributed by atoms with Crippen LogP contribution in [0.15, 0.2) is 35.5 Å². The van der Waals surface area contributed by atoms with Crippen LogP contribution in [0.5, 0.6) is 0 Å². The molecule has 2 bridgehead atoms. The maximum absolute atomic E-state index is 2.47. The highest BCUT2D eigenvalue weighted by molar-refractivity contribution is 5.36. The Morgan fingerprint density at radius 2 is 2.08 bits per heavy atom. The van der Waals surface area contributed by atoms with Gasteiger partial charge in [-0.2, -0.15) is 0 Å². The van der Waals surface area contributed by atoms with E-state index in [1.165, 1.54) is 38.5 Å². The van der Waals surface area contributed by atoms with E-state index in [4.69, 9.17) is 0 Å². The molecule has 13 heavy (non-hydrogen) atoms. The highest BCUT2D eigenvalue weighted by atomic mass is 14.4. The molecule has 0 unspecified atom stereocenters. The average molecular weight is 172 g/mol. The third-order valence-electron chi connectivity index (χ3n) is 3.90. The first kappa shape index (κ1) is 7.61. The van der Waals surface area contributed by atoms with Crippen molar-refractivity contribution in [3.8, 4) is 0 Å². The van der Waals surface area contributed by atoms with E-state index < -0.39 is 0 Å². The number of hydrogen-bond acceptors (Lipinski definition) is 0. The van der Waals surface area contributed by atoms with Gasteiger partial charge in [-0.1, -0.05) is 35.5 Å². The fourth-order valence-corrected chi connectivity index (χ4v) is 2.95. The molecule has 0 saturated heterocycles. The molecule has 1 atom stereocenters. The zero-order chi connectivity index (χ0) is 8.73. The van der Waals surface area contributed by atoms with E-state index in [1.54, 1.807) is 11.1 Å². The van der Waals surface area contributed by atoms with Gasteiger partial charge in [0.05, 0.1) is 0 Å². The molecule has 0 fully saturated rings. The molecule has 0 N–H and O–H groups in total. The molecule has 3 aliphatic carbocycles. The van der Waals surface area contributed by atoms with Crippen molar-refractivity contribution in [2.24, 2.45) is 5.41 Å². The average Bonchev–Trinajstić information content (AvgIpc) is 2.25. The van der Waals surface area contributed by atoms with E-state index in [0.717, 1.165) is 0 Å². The first-order valence-electron chi connectivity index (χ1n) is 5.44. The van der Waals surface area contributed by atoms with Crippen molar-refractivity contribution in [2.75, 3.05) is 0 Å². The molecule has 0 spiro atoms. The fourth-order valence-electron chi connectivity index (χ4n) is 2.95. The van der Waals surface area contributed by atoms with Gasteiger partial charge in [0.2, 0.25) is 0 Å². The van der Waals surface area contributed by atoms with Crippen LogP contribution in [0.2, 0.25) is 0 Å². The summed E-state index contributed by atoms with van der Waals surface area (Å²) in [5, 5.41) is 0.